The number of carbonyl (C=O) groups is 1. The number of carbonyl (C=O) groups excluding carboxylic acids is 1. The van der Waals surface area contributed by atoms with Gasteiger partial charge in [0.1, 0.15) is 0 Å². The number of hydrogen-bond donors (Lipinski definition) is 1. The predicted octanol–water partition coefficient (Wildman–Crippen LogP) is 2.86. The fourth-order valence-corrected chi connectivity index (χ4v) is 2.47. The van der Waals surface area contributed by atoms with E-state index >= 15 is 0 Å². The van der Waals surface area contributed by atoms with Gasteiger partial charge in [-0.05, 0) is 53.7 Å². The fourth-order valence-electron chi connectivity index (χ4n) is 1.27. The number of nitrogens with one attached hydrogen (secondary N) is 1. The van der Waals surface area contributed by atoms with Gasteiger partial charge in [0.05, 0.1) is 10.3 Å². The molecule has 1 amide bonds. The Morgan fingerprint density at radius 3 is 2.65 bits per heavy atom. The van der Waals surface area contributed by atoms with E-state index in [2.05, 4.69) is 47.4 Å². The number of likely N-dealkylation sites (N-methyl/N-ethyl adjacent to an activating group) is 1. The Labute approximate surface area is 115 Å². The molecule has 1 aromatic rings. The third-order valence-corrected chi connectivity index (χ3v) is 3.79. The Kier molecular flexibility index (Phi) is 5.16. The van der Waals surface area contributed by atoms with Gasteiger partial charge in [-0.1, -0.05) is 0 Å². The summed E-state index contributed by atoms with van der Waals surface area (Å²) in [7, 11) is 1.83. The number of hydrogen-bond acceptors (Lipinski definition) is 3. The van der Waals surface area contributed by atoms with Gasteiger partial charge in [-0.3, -0.25) is 4.79 Å². The van der Waals surface area contributed by atoms with Crippen LogP contribution in [0.15, 0.2) is 15.2 Å². The summed E-state index contributed by atoms with van der Waals surface area (Å²) in [6, 6.07) is 2.05. The van der Waals surface area contributed by atoms with Crippen molar-refractivity contribution in [2.24, 2.45) is 0 Å². The molecule has 0 saturated carbocycles. The van der Waals surface area contributed by atoms with Crippen molar-refractivity contribution in [3.05, 3.63) is 20.8 Å². The van der Waals surface area contributed by atoms with Crippen LogP contribution in [0.3, 0.4) is 0 Å². The lowest BCUT2D eigenvalue weighted by molar-refractivity contribution is -0.129. The summed E-state index contributed by atoms with van der Waals surface area (Å²) >= 11 is 5.06. The molecule has 0 bridgehead atoms. The van der Waals surface area contributed by atoms with E-state index in [0.29, 0.717) is 13.1 Å². The largest absolute Gasteiger partial charge is 0.340 e. The third kappa shape index (κ3) is 5.66. The molecule has 96 valence electrons. The molecule has 0 aliphatic rings. The summed E-state index contributed by atoms with van der Waals surface area (Å²) in [5, 5.41) is 5.26. The van der Waals surface area contributed by atoms with Crippen LogP contribution in [0.5, 0.6) is 0 Å². The van der Waals surface area contributed by atoms with E-state index < -0.39 is 0 Å². The number of thiophene rings is 1. The van der Waals surface area contributed by atoms with Crippen LogP contribution in [0.1, 0.15) is 26.3 Å². The first kappa shape index (κ1) is 14.7. The molecule has 0 saturated heterocycles. The molecule has 1 aromatic heterocycles. The summed E-state index contributed by atoms with van der Waals surface area (Å²) < 4.78 is 1.10. The molecule has 1 rings (SSSR count). The molecule has 1 N–H and O–H groups in total. The van der Waals surface area contributed by atoms with Crippen LogP contribution in [0.4, 0.5) is 0 Å². The van der Waals surface area contributed by atoms with Crippen LogP contribution in [-0.4, -0.2) is 29.9 Å². The Balaban J connectivity index is 2.42. The number of nitrogens with zero attached hydrogens (tertiary/aromatic N) is 1. The van der Waals surface area contributed by atoms with Gasteiger partial charge in [0, 0.05) is 19.1 Å². The highest BCUT2D eigenvalue weighted by atomic mass is 79.9. The molecule has 0 fully saturated rings. The van der Waals surface area contributed by atoms with Gasteiger partial charge >= 0.3 is 0 Å². The zero-order chi connectivity index (χ0) is 13.1. The van der Waals surface area contributed by atoms with Gasteiger partial charge in [0.25, 0.3) is 0 Å². The van der Waals surface area contributed by atoms with Crippen molar-refractivity contribution < 1.29 is 4.79 Å². The SMILES string of the molecule is CN(Cc1csc(Br)c1)C(=O)CNC(C)(C)C. The second-order valence-electron chi connectivity index (χ2n) is 5.11. The maximum atomic E-state index is 11.9. The highest BCUT2D eigenvalue weighted by molar-refractivity contribution is 9.11. The topological polar surface area (TPSA) is 32.3 Å². The van der Waals surface area contributed by atoms with Crippen molar-refractivity contribution in [3.63, 3.8) is 0 Å². The zero-order valence-electron chi connectivity index (χ0n) is 10.7. The van der Waals surface area contributed by atoms with Gasteiger partial charge in [0.15, 0.2) is 0 Å². The Morgan fingerprint density at radius 1 is 1.53 bits per heavy atom. The van der Waals surface area contributed by atoms with Crippen LogP contribution >= 0.6 is 27.3 Å². The molecule has 0 aromatic carbocycles. The van der Waals surface area contributed by atoms with Gasteiger partial charge in [-0.25, -0.2) is 0 Å². The molecule has 0 spiro atoms. The molecule has 1 heterocycles. The van der Waals surface area contributed by atoms with Gasteiger partial charge in [0.2, 0.25) is 5.91 Å². The summed E-state index contributed by atoms with van der Waals surface area (Å²) in [6.45, 7) is 7.20. The minimum atomic E-state index is -0.0259. The van der Waals surface area contributed by atoms with Gasteiger partial charge in [-0.2, -0.15) is 0 Å². The normalized spacial score (nSPS) is 11.6. The third-order valence-electron chi connectivity index (χ3n) is 2.24. The number of amides is 1. The van der Waals surface area contributed by atoms with Crippen molar-refractivity contribution >= 4 is 33.2 Å². The number of halogens is 1. The van der Waals surface area contributed by atoms with Crippen LogP contribution in [0, 0.1) is 0 Å². The van der Waals surface area contributed by atoms with E-state index in [1.165, 1.54) is 0 Å². The average molecular weight is 319 g/mol. The first-order valence-corrected chi connectivity index (χ1v) is 7.17. The molecular formula is C12H19BrN2OS. The lowest BCUT2D eigenvalue weighted by Gasteiger charge is -2.23. The van der Waals surface area contributed by atoms with E-state index in [4.69, 9.17) is 0 Å². The molecule has 0 aliphatic heterocycles. The van der Waals surface area contributed by atoms with Crippen molar-refractivity contribution in [2.75, 3.05) is 13.6 Å². The minimum Gasteiger partial charge on any atom is -0.340 e. The molecule has 5 heteroatoms. The van der Waals surface area contributed by atoms with Crippen molar-refractivity contribution in [1.29, 1.82) is 0 Å². The Morgan fingerprint density at radius 2 is 2.18 bits per heavy atom. The average Bonchev–Trinajstić information content (AvgIpc) is 2.59. The van der Waals surface area contributed by atoms with Crippen LogP contribution < -0.4 is 5.32 Å². The lowest BCUT2D eigenvalue weighted by atomic mass is 10.1. The van der Waals surface area contributed by atoms with Crippen LogP contribution in [0.2, 0.25) is 0 Å². The maximum absolute atomic E-state index is 11.9. The molecule has 0 atom stereocenters. The fraction of sp³-hybridized carbons (Fsp3) is 0.583. The maximum Gasteiger partial charge on any atom is 0.236 e. The van der Waals surface area contributed by atoms with E-state index in [9.17, 15) is 4.79 Å². The second kappa shape index (κ2) is 5.98. The van der Waals surface area contributed by atoms with Crippen LogP contribution in [-0.2, 0) is 11.3 Å². The molecule has 0 radical (unpaired) electrons. The minimum absolute atomic E-state index is 0.0259. The smallest absolute Gasteiger partial charge is 0.236 e. The summed E-state index contributed by atoms with van der Waals surface area (Å²) in [6.07, 6.45) is 0. The molecule has 0 aliphatic carbocycles. The quantitative estimate of drug-likeness (QED) is 0.925. The van der Waals surface area contributed by atoms with E-state index in [-0.39, 0.29) is 11.4 Å². The Hall–Kier alpha value is -0.390. The molecular weight excluding hydrogens is 300 g/mol. The number of rotatable bonds is 4. The Bertz CT molecular complexity index is 384. The predicted molar refractivity (Wildman–Crippen MR) is 76.2 cm³/mol. The zero-order valence-corrected chi connectivity index (χ0v) is 13.1. The first-order chi connectivity index (χ1) is 7.78. The van der Waals surface area contributed by atoms with E-state index in [0.717, 1.165) is 9.35 Å². The van der Waals surface area contributed by atoms with Crippen molar-refractivity contribution in [3.8, 4) is 0 Å². The molecule has 17 heavy (non-hydrogen) atoms. The van der Waals surface area contributed by atoms with Crippen LogP contribution in [0.25, 0.3) is 0 Å². The summed E-state index contributed by atoms with van der Waals surface area (Å²) in [5.41, 5.74) is 1.13. The first-order valence-electron chi connectivity index (χ1n) is 5.50. The van der Waals surface area contributed by atoms with E-state index in [1.54, 1.807) is 16.2 Å². The highest BCUT2D eigenvalue weighted by Crippen LogP contribution is 2.21. The monoisotopic (exact) mass is 318 g/mol. The van der Waals surface area contributed by atoms with Gasteiger partial charge < -0.3 is 10.2 Å². The second-order valence-corrected chi connectivity index (χ2v) is 7.40. The lowest BCUT2D eigenvalue weighted by Crippen LogP contribution is -2.43. The van der Waals surface area contributed by atoms with Gasteiger partial charge in [-0.15, -0.1) is 11.3 Å². The van der Waals surface area contributed by atoms with E-state index in [1.807, 2.05) is 13.1 Å². The summed E-state index contributed by atoms with van der Waals surface area (Å²) in [5.74, 6) is 0.113. The summed E-state index contributed by atoms with van der Waals surface area (Å²) in [4.78, 5) is 13.6. The molecule has 3 nitrogen and oxygen atoms in total. The standard InChI is InChI=1S/C12H19BrN2OS/c1-12(2,3)14-6-11(16)15(4)7-9-5-10(13)17-8-9/h5,8,14H,6-7H2,1-4H3. The highest BCUT2D eigenvalue weighted by Gasteiger charge is 2.14. The van der Waals surface area contributed by atoms with Crippen molar-refractivity contribution in [1.82, 2.24) is 10.2 Å². The van der Waals surface area contributed by atoms with Crippen molar-refractivity contribution in [2.45, 2.75) is 32.9 Å². The molecule has 0 unspecified atom stereocenters.